The summed E-state index contributed by atoms with van der Waals surface area (Å²) in [6.45, 7) is 2.05. The Hall–Kier alpha value is -1.61. The van der Waals surface area contributed by atoms with Crippen molar-refractivity contribution in [2.24, 2.45) is 5.73 Å². The zero-order chi connectivity index (χ0) is 11.7. The molecule has 0 heterocycles. The molecule has 0 amide bonds. The van der Waals surface area contributed by atoms with Crippen LogP contribution in [0.25, 0.3) is 5.57 Å². The van der Waals surface area contributed by atoms with Crippen LogP contribution in [0.3, 0.4) is 0 Å². The number of rotatable bonds is 3. The van der Waals surface area contributed by atoms with E-state index < -0.39 is 12.0 Å². The van der Waals surface area contributed by atoms with E-state index in [1.807, 2.05) is 19.1 Å². The number of benzene rings is 1. The molecule has 3 heteroatoms. The standard InChI is InChI=1S/C13H15NO2/c1-8-3-2-4-9-5-6-10(12(8)9)7-11(14)13(15)16/h2-4,6,11H,5,7,14H2,1H3,(H,15,16). The number of hydrogen-bond donors (Lipinski definition) is 2. The number of carboxylic acids is 1. The molecule has 0 bridgehead atoms. The monoisotopic (exact) mass is 217 g/mol. The summed E-state index contributed by atoms with van der Waals surface area (Å²) in [5.41, 5.74) is 10.3. The molecule has 84 valence electrons. The summed E-state index contributed by atoms with van der Waals surface area (Å²) in [4.78, 5) is 10.7. The average molecular weight is 217 g/mol. The first-order valence-corrected chi connectivity index (χ1v) is 5.36. The summed E-state index contributed by atoms with van der Waals surface area (Å²) in [6.07, 6.45) is 3.38. The molecule has 1 aliphatic carbocycles. The van der Waals surface area contributed by atoms with E-state index in [0.29, 0.717) is 6.42 Å². The highest BCUT2D eigenvalue weighted by Crippen LogP contribution is 2.32. The lowest BCUT2D eigenvalue weighted by Crippen LogP contribution is -2.30. The summed E-state index contributed by atoms with van der Waals surface area (Å²) in [7, 11) is 0. The van der Waals surface area contributed by atoms with E-state index in [9.17, 15) is 4.79 Å². The molecule has 1 atom stereocenters. The molecular formula is C13H15NO2. The van der Waals surface area contributed by atoms with Crippen LogP contribution >= 0.6 is 0 Å². The SMILES string of the molecule is Cc1cccc2c1C(CC(N)C(=O)O)=CC2. The molecule has 1 aromatic rings. The van der Waals surface area contributed by atoms with Gasteiger partial charge in [-0.05, 0) is 42.0 Å². The van der Waals surface area contributed by atoms with Gasteiger partial charge in [0, 0.05) is 0 Å². The molecule has 1 aromatic carbocycles. The molecule has 0 aromatic heterocycles. The first-order chi connectivity index (χ1) is 7.59. The predicted octanol–water partition coefficient (Wildman–Crippen LogP) is 1.74. The molecule has 0 radical (unpaired) electrons. The van der Waals surface area contributed by atoms with Gasteiger partial charge in [0.25, 0.3) is 0 Å². The second-order valence-corrected chi connectivity index (χ2v) is 4.19. The van der Waals surface area contributed by atoms with Crippen LogP contribution in [0.4, 0.5) is 0 Å². The molecular weight excluding hydrogens is 202 g/mol. The van der Waals surface area contributed by atoms with Gasteiger partial charge in [0.2, 0.25) is 0 Å². The van der Waals surface area contributed by atoms with Gasteiger partial charge in [-0.1, -0.05) is 24.3 Å². The van der Waals surface area contributed by atoms with Gasteiger partial charge in [-0.3, -0.25) is 4.79 Å². The van der Waals surface area contributed by atoms with Crippen molar-refractivity contribution < 1.29 is 9.90 Å². The summed E-state index contributed by atoms with van der Waals surface area (Å²) < 4.78 is 0. The van der Waals surface area contributed by atoms with Gasteiger partial charge in [-0.15, -0.1) is 0 Å². The van der Waals surface area contributed by atoms with E-state index in [0.717, 1.165) is 12.0 Å². The van der Waals surface area contributed by atoms with Crippen molar-refractivity contribution in [2.75, 3.05) is 0 Å². The minimum absolute atomic E-state index is 0.410. The lowest BCUT2D eigenvalue weighted by Gasteiger charge is -2.11. The van der Waals surface area contributed by atoms with E-state index in [2.05, 4.69) is 12.1 Å². The van der Waals surface area contributed by atoms with E-state index in [4.69, 9.17) is 10.8 Å². The average Bonchev–Trinajstić information content (AvgIpc) is 2.63. The molecule has 3 nitrogen and oxygen atoms in total. The maximum Gasteiger partial charge on any atom is 0.320 e. The van der Waals surface area contributed by atoms with E-state index in [1.54, 1.807) is 0 Å². The fraction of sp³-hybridized carbons (Fsp3) is 0.308. The largest absolute Gasteiger partial charge is 0.480 e. The Kier molecular flexibility index (Phi) is 2.79. The Labute approximate surface area is 94.6 Å². The van der Waals surface area contributed by atoms with Gasteiger partial charge in [-0.25, -0.2) is 0 Å². The zero-order valence-electron chi connectivity index (χ0n) is 9.23. The smallest absolute Gasteiger partial charge is 0.320 e. The van der Waals surface area contributed by atoms with Gasteiger partial charge >= 0.3 is 5.97 Å². The normalized spacial score (nSPS) is 15.5. The second-order valence-electron chi connectivity index (χ2n) is 4.19. The molecule has 1 aliphatic rings. The van der Waals surface area contributed by atoms with Crippen LogP contribution in [-0.4, -0.2) is 17.1 Å². The molecule has 0 fully saturated rings. The van der Waals surface area contributed by atoms with Gasteiger partial charge in [0.15, 0.2) is 0 Å². The van der Waals surface area contributed by atoms with Crippen LogP contribution in [0.1, 0.15) is 23.1 Å². The summed E-state index contributed by atoms with van der Waals surface area (Å²) >= 11 is 0. The van der Waals surface area contributed by atoms with E-state index in [1.165, 1.54) is 16.7 Å². The minimum Gasteiger partial charge on any atom is -0.480 e. The molecule has 2 rings (SSSR count). The molecule has 16 heavy (non-hydrogen) atoms. The number of carboxylic acid groups (broad SMARTS) is 1. The number of carbonyl (C=O) groups is 1. The van der Waals surface area contributed by atoms with Gasteiger partial charge in [0.1, 0.15) is 6.04 Å². The van der Waals surface area contributed by atoms with Crippen molar-refractivity contribution in [1.29, 1.82) is 0 Å². The molecule has 0 spiro atoms. The summed E-state index contributed by atoms with van der Waals surface area (Å²) in [5, 5.41) is 8.81. The Morgan fingerprint density at radius 2 is 2.31 bits per heavy atom. The topological polar surface area (TPSA) is 63.3 Å². The number of aliphatic carboxylic acids is 1. The Bertz CT molecular complexity index is 463. The first-order valence-electron chi connectivity index (χ1n) is 5.36. The molecule has 0 saturated heterocycles. The lowest BCUT2D eigenvalue weighted by atomic mass is 9.96. The minimum atomic E-state index is -0.942. The van der Waals surface area contributed by atoms with Crippen LogP contribution in [0.5, 0.6) is 0 Å². The fourth-order valence-corrected chi connectivity index (χ4v) is 2.20. The Morgan fingerprint density at radius 1 is 1.56 bits per heavy atom. The highest BCUT2D eigenvalue weighted by Gasteiger charge is 2.20. The zero-order valence-corrected chi connectivity index (χ0v) is 9.23. The summed E-state index contributed by atoms with van der Waals surface area (Å²) in [5.74, 6) is -0.942. The van der Waals surface area contributed by atoms with Crippen LogP contribution in [0.15, 0.2) is 24.3 Å². The third-order valence-corrected chi connectivity index (χ3v) is 3.01. The van der Waals surface area contributed by atoms with Crippen molar-refractivity contribution in [2.45, 2.75) is 25.8 Å². The van der Waals surface area contributed by atoms with Gasteiger partial charge < -0.3 is 10.8 Å². The molecule has 0 aliphatic heterocycles. The second kappa shape index (κ2) is 4.10. The molecule has 0 saturated carbocycles. The number of hydrogen-bond acceptors (Lipinski definition) is 2. The number of allylic oxidation sites excluding steroid dienone is 1. The lowest BCUT2D eigenvalue weighted by molar-refractivity contribution is -0.138. The summed E-state index contributed by atoms with van der Waals surface area (Å²) in [6, 6.07) is 5.35. The first kappa shape index (κ1) is 10.9. The Balaban J connectivity index is 2.26. The number of fused-ring (bicyclic) bond motifs is 1. The van der Waals surface area contributed by atoms with E-state index >= 15 is 0 Å². The Morgan fingerprint density at radius 3 is 3.00 bits per heavy atom. The number of nitrogens with two attached hydrogens (primary N) is 1. The van der Waals surface area contributed by atoms with E-state index in [-0.39, 0.29) is 0 Å². The van der Waals surface area contributed by atoms with Crippen LogP contribution in [0.2, 0.25) is 0 Å². The third-order valence-electron chi connectivity index (χ3n) is 3.01. The van der Waals surface area contributed by atoms with Crippen molar-refractivity contribution >= 4 is 11.5 Å². The highest BCUT2D eigenvalue weighted by atomic mass is 16.4. The predicted molar refractivity (Wildman–Crippen MR) is 63.1 cm³/mol. The third kappa shape index (κ3) is 1.86. The van der Waals surface area contributed by atoms with Gasteiger partial charge in [-0.2, -0.15) is 0 Å². The van der Waals surface area contributed by atoms with Crippen molar-refractivity contribution in [3.05, 3.63) is 41.0 Å². The maximum atomic E-state index is 10.7. The molecule has 1 unspecified atom stereocenters. The van der Waals surface area contributed by atoms with Crippen LogP contribution in [0, 0.1) is 6.92 Å². The van der Waals surface area contributed by atoms with Crippen molar-refractivity contribution in [3.8, 4) is 0 Å². The fourth-order valence-electron chi connectivity index (χ4n) is 2.20. The van der Waals surface area contributed by atoms with Gasteiger partial charge in [0.05, 0.1) is 0 Å². The number of aryl methyl sites for hydroxylation is 1. The van der Waals surface area contributed by atoms with Crippen molar-refractivity contribution in [3.63, 3.8) is 0 Å². The maximum absolute atomic E-state index is 10.7. The molecule has 3 N–H and O–H groups in total. The van der Waals surface area contributed by atoms with Crippen LogP contribution < -0.4 is 5.73 Å². The van der Waals surface area contributed by atoms with Crippen molar-refractivity contribution in [1.82, 2.24) is 0 Å². The highest BCUT2D eigenvalue weighted by molar-refractivity contribution is 5.81. The quantitative estimate of drug-likeness (QED) is 0.810. The van der Waals surface area contributed by atoms with Crippen LogP contribution in [-0.2, 0) is 11.2 Å².